The Labute approximate surface area is 132 Å². The van der Waals surface area contributed by atoms with E-state index in [9.17, 15) is 0 Å². The minimum atomic E-state index is 0.0305. The third-order valence-corrected chi connectivity index (χ3v) is 3.60. The lowest BCUT2D eigenvalue weighted by molar-refractivity contribution is 0.253. The fourth-order valence-corrected chi connectivity index (χ4v) is 2.20. The number of benzene rings is 1. The molecule has 1 aromatic rings. The Morgan fingerprint density at radius 1 is 1.25 bits per heavy atom. The van der Waals surface area contributed by atoms with Gasteiger partial charge >= 0.3 is 0 Å². The van der Waals surface area contributed by atoms with Crippen molar-refractivity contribution in [1.29, 1.82) is 0 Å². The Hall–Kier alpha value is -0.440. The van der Waals surface area contributed by atoms with Crippen molar-refractivity contribution in [2.75, 3.05) is 6.61 Å². The van der Waals surface area contributed by atoms with Crippen LogP contribution in [0.5, 0.6) is 5.75 Å². The molecule has 1 N–H and O–H groups in total. The summed E-state index contributed by atoms with van der Waals surface area (Å²) in [6.45, 7) is 12.0. The molecule has 0 saturated carbocycles. The molecule has 0 radical (unpaired) electrons. The van der Waals surface area contributed by atoms with Crippen molar-refractivity contribution in [3.8, 4) is 5.75 Å². The summed E-state index contributed by atoms with van der Waals surface area (Å²) in [6, 6.07) is 3.65. The molecule has 0 aliphatic carbocycles. The van der Waals surface area contributed by atoms with Crippen molar-refractivity contribution in [1.82, 2.24) is 5.32 Å². The Balaban J connectivity index is 2.89. The van der Waals surface area contributed by atoms with E-state index in [0.717, 1.165) is 17.7 Å². The molecule has 0 aliphatic rings. The van der Waals surface area contributed by atoms with Gasteiger partial charge in [-0.15, -0.1) is 0 Å². The molecule has 20 heavy (non-hydrogen) atoms. The van der Waals surface area contributed by atoms with E-state index in [1.165, 1.54) is 0 Å². The number of hydrogen-bond donors (Lipinski definition) is 1. The van der Waals surface area contributed by atoms with Gasteiger partial charge in [-0.2, -0.15) is 0 Å². The molecule has 0 aliphatic heterocycles. The van der Waals surface area contributed by atoms with Crippen LogP contribution in [0.1, 0.15) is 46.6 Å². The van der Waals surface area contributed by atoms with Crippen LogP contribution in [0.25, 0.3) is 0 Å². The summed E-state index contributed by atoms with van der Waals surface area (Å²) in [7, 11) is 0. The molecule has 1 rings (SSSR count). The van der Waals surface area contributed by atoms with Crippen molar-refractivity contribution in [3.05, 3.63) is 27.7 Å². The molecule has 0 saturated heterocycles. The molecule has 4 heteroatoms. The van der Waals surface area contributed by atoms with Gasteiger partial charge in [0.25, 0.3) is 0 Å². The topological polar surface area (TPSA) is 21.3 Å². The summed E-state index contributed by atoms with van der Waals surface area (Å²) in [6.07, 6.45) is 1.08. The van der Waals surface area contributed by atoms with E-state index in [2.05, 4.69) is 39.9 Å². The zero-order valence-electron chi connectivity index (χ0n) is 13.0. The average molecular weight is 318 g/mol. The van der Waals surface area contributed by atoms with Crippen molar-refractivity contribution in [2.45, 2.75) is 53.1 Å². The standard InChI is InChI=1S/C16H25Cl2NO/c1-6-11(2)10-20-15-12(9-19-16(3,4)5)7-13(17)8-14(15)18/h7-8,11,19H,6,9-10H2,1-5H3. The van der Waals surface area contributed by atoms with Crippen LogP contribution in [-0.2, 0) is 6.54 Å². The molecule has 0 bridgehead atoms. The lowest BCUT2D eigenvalue weighted by atomic mass is 10.1. The summed E-state index contributed by atoms with van der Waals surface area (Å²) in [5.41, 5.74) is 1.03. The molecule has 1 atom stereocenters. The van der Waals surface area contributed by atoms with Gasteiger partial charge in [0.15, 0.2) is 0 Å². The van der Waals surface area contributed by atoms with Gasteiger partial charge in [0, 0.05) is 22.7 Å². The molecule has 114 valence electrons. The van der Waals surface area contributed by atoms with E-state index in [0.29, 0.717) is 29.1 Å². The number of hydrogen-bond acceptors (Lipinski definition) is 2. The minimum absolute atomic E-state index is 0.0305. The van der Waals surface area contributed by atoms with Crippen molar-refractivity contribution < 1.29 is 4.74 Å². The van der Waals surface area contributed by atoms with E-state index in [1.807, 2.05) is 6.07 Å². The van der Waals surface area contributed by atoms with Crippen molar-refractivity contribution >= 4 is 23.2 Å². The quantitative estimate of drug-likeness (QED) is 0.768. The summed E-state index contributed by atoms with van der Waals surface area (Å²) in [5, 5.41) is 4.65. The van der Waals surface area contributed by atoms with Crippen LogP contribution in [0.3, 0.4) is 0 Å². The lowest BCUT2D eigenvalue weighted by Crippen LogP contribution is -2.35. The largest absolute Gasteiger partial charge is 0.491 e. The summed E-state index contributed by atoms with van der Waals surface area (Å²) < 4.78 is 5.91. The Morgan fingerprint density at radius 2 is 1.90 bits per heavy atom. The molecule has 1 unspecified atom stereocenters. The second kappa shape index (κ2) is 7.53. The Morgan fingerprint density at radius 3 is 2.45 bits per heavy atom. The lowest BCUT2D eigenvalue weighted by Gasteiger charge is -2.22. The number of nitrogens with one attached hydrogen (secondary N) is 1. The summed E-state index contributed by atoms with van der Waals surface area (Å²) in [5.74, 6) is 1.25. The van der Waals surface area contributed by atoms with Crippen LogP contribution in [0.2, 0.25) is 10.0 Å². The molecular formula is C16H25Cl2NO. The number of ether oxygens (including phenoxy) is 1. The first-order valence-corrected chi connectivity index (χ1v) is 7.84. The molecule has 0 aromatic heterocycles. The van der Waals surface area contributed by atoms with E-state index < -0.39 is 0 Å². The second-order valence-corrected chi connectivity index (χ2v) is 7.15. The first-order chi connectivity index (χ1) is 9.23. The Kier molecular flexibility index (Phi) is 6.63. The molecular weight excluding hydrogens is 293 g/mol. The van der Waals surface area contributed by atoms with Crippen LogP contribution in [-0.4, -0.2) is 12.1 Å². The monoisotopic (exact) mass is 317 g/mol. The number of rotatable bonds is 6. The number of halogens is 2. The third kappa shape index (κ3) is 5.90. The smallest absolute Gasteiger partial charge is 0.142 e. The summed E-state index contributed by atoms with van der Waals surface area (Å²) >= 11 is 12.4. The van der Waals surface area contributed by atoms with Gasteiger partial charge in [0.05, 0.1) is 11.6 Å². The van der Waals surface area contributed by atoms with E-state index in [-0.39, 0.29) is 5.54 Å². The SMILES string of the molecule is CCC(C)COc1c(Cl)cc(Cl)cc1CNC(C)(C)C. The fraction of sp³-hybridized carbons (Fsp3) is 0.625. The molecule has 0 spiro atoms. The first kappa shape index (κ1) is 17.6. The highest BCUT2D eigenvalue weighted by Crippen LogP contribution is 2.33. The fourth-order valence-electron chi connectivity index (χ4n) is 1.61. The van der Waals surface area contributed by atoms with Gasteiger partial charge in [0.2, 0.25) is 0 Å². The van der Waals surface area contributed by atoms with E-state index >= 15 is 0 Å². The highest BCUT2D eigenvalue weighted by molar-refractivity contribution is 6.35. The minimum Gasteiger partial charge on any atom is -0.491 e. The van der Waals surface area contributed by atoms with E-state index in [4.69, 9.17) is 27.9 Å². The molecule has 0 heterocycles. The molecule has 0 fully saturated rings. The average Bonchev–Trinajstić information content (AvgIpc) is 2.33. The van der Waals surface area contributed by atoms with Crippen LogP contribution >= 0.6 is 23.2 Å². The van der Waals surface area contributed by atoms with E-state index in [1.54, 1.807) is 6.07 Å². The van der Waals surface area contributed by atoms with Gasteiger partial charge < -0.3 is 10.1 Å². The highest BCUT2D eigenvalue weighted by atomic mass is 35.5. The maximum Gasteiger partial charge on any atom is 0.142 e. The maximum absolute atomic E-state index is 6.27. The van der Waals surface area contributed by atoms with Gasteiger partial charge in [0.1, 0.15) is 5.75 Å². The van der Waals surface area contributed by atoms with Crippen LogP contribution in [0.15, 0.2) is 12.1 Å². The van der Waals surface area contributed by atoms with Gasteiger partial charge in [-0.05, 0) is 38.8 Å². The van der Waals surface area contributed by atoms with Gasteiger partial charge in [-0.1, -0.05) is 43.5 Å². The Bertz CT molecular complexity index is 441. The maximum atomic E-state index is 6.27. The van der Waals surface area contributed by atoms with Crippen LogP contribution in [0.4, 0.5) is 0 Å². The molecule has 2 nitrogen and oxygen atoms in total. The molecule has 1 aromatic carbocycles. The van der Waals surface area contributed by atoms with Crippen LogP contribution in [0, 0.1) is 5.92 Å². The zero-order chi connectivity index (χ0) is 15.3. The predicted molar refractivity (Wildman–Crippen MR) is 88.0 cm³/mol. The highest BCUT2D eigenvalue weighted by Gasteiger charge is 2.15. The van der Waals surface area contributed by atoms with Gasteiger partial charge in [-0.3, -0.25) is 0 Å². The van der Waals surface area contributed by atoms with Crippen LogP contribution < -0.4 is 10.1 Å². The zero-order valence-corrected chi connectivity index (χ0v) is 14.5. The van der Waals surface area contributed by atoms with Crippen molar-refractivity contribution in [3.63, 3.8) is 0 Å². The van der Waals surface area contributed by atoms with Gasteiger partial charge in [-0.25, -0.2) is 0 Å². The summed E-state index contributed by atoms with van der Waals surface area (Å²) in [4.78, 5) is 0. The third-order valence-electron chi connectivity index (χ3n) is 3.10. The second-order valence-electron chi connectivity index (χ2n) is 6.30. The molecule has 0 amide bonds. The first-order valence-electron chi connectivity index (χ1n) is 7.08. The normalized spacial score (nSPS) is 13.3. The van der Waals surface area contributed by atoms with Crippen molar-refractivity contribution in [2.24, 2.45) is 5.92 Å². The predicted octanol–water partition coefficient (Wildman–Crippen LogP) is 5.31.